The molecule has 0 amide bonds. The van der Waals surface area contributed by atoms with Crippen molar-refractivity contribution in [1.29, 1.82) is 0 Å². The minimum Gasteiger partial charge on any atom is -0.411 e. The highest BCUT2D eigenvalue weighted by atomic mass is 16.4. The average molecular weight is 160 g/mol. The van der Waals surface area contributed by atoms with Crippen molar-refractivity contribution in [2.45, 2.75) is 0 Å². The van der Waals surface area contributed by atoms with Crippen LogP contribution in [0.4, 0.5) is 0 Å². The summed E-state index contributed by atoms with van der Waals surface area (Å²) in [5, 5.41) is 11.9. The molecule has 1 atom stereocenters. The molecule has 2 aliphatic rings. The fraction of sp³-hybridized carbons (Fsp3) is 0.111. The molecule has 3 heteroatoms. The van der Waals surface area contributed by atoms with Gasteiger partial charge in [-0.2, -0.15) is 0 Å². The van der Waals surface area contributed by atoms with Crippen molar-refractivity contribution in [3.05, 3.63) is 36.1 Å². The van der Waals surface area contributed by atoms with Gasteiger partial charge in [0.25, 0.3) is 0 Å². The van der Waals surface area contributed by atoms with E-state index < -0.39 is 0 Å². The molecular formula is C9H8N2O. The van der Waals surface area contributed by atoms with Crippen LogP contribution in [0.1, 0.15) is 0 Å². The van der Waals surface area contributed by atoms with Gasteiger partial charge in [-0.05, 0) is 11.6 Å². The van der Waals surface area contributed by atoms with E-state index in [2.05, 4.69) is 10.1 Å². The third-order valence-electron chi connectivity index (χ3n) is 1.94. The van der Waals surface area contributed by atoms with Gasteiger partial charge in [-0.25, -0.2) is 0 Å². The zero-order chi connectivity index (χ0) is 8.39. The van der Waals surface area contributed by atoms with Crippen LogP contribution in [0.25, 0.3) is 0 Å². The smallest absolute Gasteiger partial charge is 0.0909 e. The van der Waals surface area contributed by atoms with Gasteiger partial charge in [-0.3, -0.25) is 4.99 Å². The Balaban J connectivity index is 2.42. The standard InChI is InChI=1S/C9H8N2O/c12-11-9-3-1-2-7-6-10-5-4-8(7)9/h1-6,8,12H/b11-9+/t8-/m0/s1. The summed E-state index contributed by atoms with van der Waals surface area (Å²) in [6.45, 7) is 0. The Bertz CT molecular complexity index is 334. The molecule has 0 bridgehead atoms. The zero-order valence-electron chi connectivity index (χ0n) is 6.38. The summed E-state index contributed by atoms with van der Waals surface area (Å²) in [6, 6.07) is 0. The highest BCUT2D eigenvalue weighted by Gasteiger charge is 2.19. The van der Waals surface area contributed by atoms with Crippen LogP contribution < -0.4 is 0 Å². The number of hydrogen-bond donors (Lipinski definition) is 1. The first kappa shape index (κ1) is 7.03. The number of hydrogen-bond acceptors (Lipinski definition) is 3. The quantitative estimate of drug-likeness (QED) is 0.424. The van der Waals surface area contributed by atoms with Gasteiger partial charge in [0, 0.05) is 12.4 Å². The number of oxime groups is 1. The van der Waals surface area contributed by atoms with Crippen LogP contribution in [0.5, 0.6) is 0 Å². The van der Waals surface area contributed by atoms with E-state index >= 15 is 0 Å². The van der Waals surface area contributed by atoms with E-state index in [-0.39, 0.29) is 5.92 Å². The maximum Gasteiger partial charge on any atom is 0.0909 e. The Hall–Kier alpha value is -1.64. The van der Waals surface area contributed by atoms with Gasteiger partial charge < -0.3 is 5.21 Å². The molecule has 0 aromatic rings. The summed E-state index contributed by atoms with van der Waals surface area (Å²) < 4.78 is 0. The van der Waals surface area contributed by atoms with Crippen LogP contribution >= 0.6 is 0 Å². The summed E-state index contributed by atoms with van der Waals surface area (Å²) in [6.07, 6.45) is 11.0. The highest BCUT2D eigenvalue weighted by molar-refractivity contribution is 6.06. The number of aliphatic imine (C=N–C) groups is 1. The molecule has 0 radical (unpaired) electrons. The van der Waals surface area contributed by atoms with Crippen LogP contribution in [-0.4, -0.2) is 17.1 Å². The lowest BCUT2D eigenvalue weighted by atomic mass is 9.89. The second-order valence-electron chi connectivity index (χ2n) is 2.65. The lowest BCUT2D eigenvalue weighted by Crippen LogP contribution is -2.17. The van der Waals surface area contributed by atoms with Crippen molar-refractivity contribution in [2.24, 2.45) is 16.1 Å². The lowest BCUT2D eigenvalue weighted by Gasteiger charge is -2.17. The summed E-state index contributed by atoms with van der Waals surface area (Å²) in [5.41, 5.74) is 1.72. The molecule has 0 saturated carbocycles. The third-order valence-corrected chi connectivity index (χ3v) is 1.94. The monoisotopic (exact) mass is 160 g/mol. The Morgan fingerprint density at radius 2 is 2.42 bits per heavy atom. The highest BCUT2D eigenvalue weighted by Crippen LogP contribution is 2.21. The van der Waals surface area contributed by atoms with Crippen LogP contribution in [0.3, 0.4) is 0 Å². The molecule has 2 rings (SSSR count). The van der Waals surface area contributed by atoms with Gasteiger partial charge in [0.05, 0.1) is 11.6 Å². The average Bonchev–Trinajstić information content (AvgIpc) is 2.17. The lowest BCUT2D eigenvalue weighted by molar-refractivity contribution is 0.317. The molecule has 60 valence electrons. The van der Waals surface area contributed by atoms with Crippen molar-refractivity contribution in [3.8, 4) is 0 Å². The third kappa shape index (κ3) is 0.993. The fourth-order valence-corrected chi connectivity index (χ4v) is 1.33. The number of fused-ring (bicyclic) bond motifs is 1. The molecule has 3 nitrogen and oxygen atoms in total. The topological polar surface area (TPSA) is 45.0 Å². The van der Waals surface area contributed by atoms with Crippen LogP contribution in [-0.2, 0) is 0 Å². The maximum atomic E-state index is 8.66. The first-order chi connectivity index (χ1) is 5.92. The molecule has 0 spiro atoms. The predicted octanol–water partition coefficient (Wildman–Crippen LogP) is 1.53. The van der Waals surface area contributed by atoms with Crippen LogP contribution in [0, 0.1) is 5.92 Å². The molecule has 12 heavy (non-hydrogen) atoms. The Labute approximate surface area is 70.1 Å². The Morgan fingerprint density at radius 1 is 1.50 bits per heavy atom. The molecule has 0 unspecified atom stereocenters. The van der Waals surface area contributed by atoms with Gasteiger partial charge in [-0.1, -0.05) is 23.4 Å². The molecule has 0 fully saturated rings. The normalized spacial score (nSPS) is 28.8. The van der Waals surface area contributed by atoms with Gasteiger partial charge in [0.15, 0.2) is 0 Å². The van der Waals surface area contributed by atoms with E-state index in [1.54, 1.807) is 18.5 Å². The molecule has 0 aromatic carbocycles. The first-order valence-electron chi connectivity index (χ1n) is 3.72. The Kier molecular flexibility index (Phi) is 1.63. The van der Waals surface area contributed by atoms with Crippen molar-refractivity contribution in [1.82, 2.24) is 0 Å². The largest absolute Gasteiger partial charge is 0.411 e. The van der Waals surface area contributed by atoms with E-state index in [9.17, 15) is 0 Å². The van der Waals surface area contributed by atoms with Gasteiger partial charge in [0.2, 0.25) is 0 Å². The number of rotatable bonds is 0. The fourth-order valence-electron chi connectivity index (χ4n) is 1.33. The van der Waals surface area contributed by atoms with Crippen molar-refractivity contribution >= 4 is 11.9 Å². The molecule has 1 heterocycles. The molecule has 1 aliphatic heterocycles. The van der Waals surface area contributed by atoms with Gasteiger partial charge in [0.1, 0.15) is 0 Å². The van der Waals surface area contributed by atoms with Gasteiger partial charge >= 0.3 is 0 Å². The number of nitrogens with zero attached hydrogens (tertiary/aromatic N) is 2. The van der Waals surface area contributed by atoms with E-state index in [0.717, 1.165) is 5.57 Å². The van der Waals surface area contributed by atoms with Crippen LogP contribution in [0.2, 0.25) is 0 Å². The molecule has 0 saturated heterocycles. The minimum atomic E-state index is 0.0810. The van der Waals surface area contributed by atoms with E-state index in [0.29, 0.717) is 5.71 Å². The van der Waals surface area contributed by atoms with E-state index in [1.807, 2.05) is 18.2 Å². The zero-order valence-corrected chi connectivity index (χ0v) is 6.38. The van der Waals surface area contributed by atoms with Crippen molar-refractivity contribution in [2.75, 3.05) is 0 Å². The van der Waals surface area contributed by atoms with Crippen molar-refractivity contribution < 1.29 is 5.21 Å². The van der Waals surface area contributed by atoms with E-state index in [4.69, 9.17) is 5.21 Å². The summed E-state index contributed by atoms with van der Waals surface area (Å²) >= 11 is 0. The second-order valence-corrected chi connectivity index (χ2v) is 2.65. The summed E-state index contributed by atoms with van der Waals surface area (Å²) in [4.78, 5) is 3.99. The molecule has 0 aromatic heterocycles. The van der Waals surface area contributed by atoms with Crippen LogP contribution in [0.15, 0.2) is 46.2 Å². The van der Waals surface area contributed by atoms with Gasteiger partial charge in [-0.15, -0.1) is 0 Å². The molecule has 1 aliphatic carbocycles. The SMILES string of the molecule is O/N=C1\C=CC=C2C=NC=C[C@@H]21. The van der Waals surface area contributed by atoms with Crippen molar-refractivity contribution in [3.63, 3.8) is 0 Å². The molecule has 1 N–H and O–H groups in total. The summed E-state index contributed by atoms with van der Waals surface area (Å²) in [7, 11) is 0. The summed E-state index contributed by atoms with van der Waals surface area (Å²) in [5.74, 6) is 0.0810. The number of allylic oxidation sites excluding steroid dienone is 5. The predicted molar refractivity (Wildman–Crippen MR) is 47.6 cm³/mol. The minimum absolute atomic E-state index is 0.0810. The maximum absolute atomic E-state index is 8.66. The second kappa shape index (κ2) is 2.77. The molecular weight excluding hydrogens is 152 g/mol. The Morgan fingerprint density at radius 3 is 3.25 bits per heavy atom. The van der Waals surface area contributed by atoms with E-state index in [1.165, 1.54) is 0 Å². The first-order valence-corrected chi connectivity index (χ1v) is 3.72.